The number of allylic oxidation sites excluding steroid dienone is 1. The Morgan fingerprint density at radius 3 is 2.68 bits per heavy atom. The minimum Gasteiger partial charge on any atom is -0.496 e. The van der Waals surface area contributed by atoms with E-state index in [-0.39, 0.29) is 0 Å². The molecule has 0 saturated carbocycles. The quantitative estimate of drug-likeness (QED) is 0.832. The van der Waals surface area contributed by atoms with E-state index in [0.717, 1.165) is 31.2 Å². The zero-order valence-electron chi connectivity index (χ0n) is 12.5. The van der Waals surface area contributed by atoms with Crippen LogP contribution < -0.4 is 10.1 Å². The van der Waals surface area contributed by atoms with Crippen molar-refractivity contribution in [3.8, 4) is 5.75 Å². The first kappa shape index (κ1) is 15.8. The normalized spacial score (nSPS) is 18.2. The summed E-state index contributed by atoms with van der Waals surface area (Å²) < 4.78 is 5.32. The van der Waals surface area contributed by atoms with Gasteiger partial charge < -0.3 is 10.1 Å². The molecule has 0 unspecified atom stereocenters. The first-order chi connectivity index (χ1) is 9.31. The number of hydrogen-bond donors (Lipinski definition) is 1. The molecule has 1 aliphatic rings. The summed E-state index contributed by atoms with van der Waals surface area (Å²) in [5.74, 6) is 1.70. The van der Waals surface area contributed by atoms with Crippen molar-refractivity contribution in [1.29, 1.82) is 0 Å². The van der Waals surface area contributed by atoms with E-state index in [4.69, 9.17) is 4.74 Å². The number of methoxy groups -OCH3 is 1. The van der Waals surface area contributed by atoms with Crippen LogP contribution in [0.15, 0.2) is 36.4 Å². The van der Waals surface area contributed by atoms with Crippen LogP contribution in [0.1, 0.15) is 32.3 Å². The molecule has 0 aliphatic carbocycles. The maximum Gasteiger partial charge on any atom is 0.122 e. The Morgan fingerprint density at radius 1 is 1.32 bits per heavy atom. The van der Waals surface area contributed by atoms with E-state index < -0.39 is 0 Å². The fourth-order valence-electron chi connectivity index (χ4n) is 2.10. The van der Waals surface area contributed by atoms with E-state index in [1.165, 1.54) is 18.4 Å². The van der Waals surface area contributed by atoms with Gasteiger partial charge in [-0.05, 0) is 36.9 Å². The average molecular weight is 261 g/mol. The van der Waals surface area contributed by atoms with Gasteiger partial charge in [-0.3, -0.25) is 0 Å². The Bertz CT molecular complexity index is 367. The van der Waals surface area contributed by atoms with E-state index in [2.05, 4.69) is 43.4 Å². The largest absolute Gasteiger partial charge is 0.496 e. The van der Waals surface area contributed by atoms with Gasteiger partial charge in [0.05, 0.1) is 7.11 Å². The Balaban J connectivity index is 0.000000550. The lowest BCUT2D eigenvalue weighted by atomic mass is 10.1. The summed E-state index contributed by atoms with van der Waals surface area (Å²) in [7, 11) is 1.73. The number of hydrogen-bond acceptors (Lipinski definition) is 2. The number of para-hydroxylation sites is 1. The predicted octanol–water partition coefficient (Wildman–Crippen LogP) is 3.82. The highest BCUT2D eigenvalue weighted by atomic mass is 16.5. The molecule has 0 spiro atoms. The van der Waals surface area contributed by atoms with Crippen molar-refractivity contribution in [3.63, 3.8) is 0 Å². The minimum atomic E-state index is 0.717. The summed E-state index contributed by atoms with van der Waals surface area (Å²) in [4.78, 5) is 0. The third kappa shape index (κ3) is 5.93. The van der Waals surface area contributed by atoms with E-state index in [1.807, 2.05) is 12.1 Å². The molecule has 2 heteroatoms. The molecule has 106 valence electrons. The first-order valence-electron chi connectivity index (χ1n) is 7.31. The van der Waals surface area contributed by atoms with Gasteiger partial charge in [0.25, 0.3) is 0 Å². The van der Waals surface area contributed by atoms with Crippen molar-refractivity contribution in [1.82, 2.24) is 5.32 Å². The standard InChI is InChI=1S/C14H19NO.C3H8/c1-16-14-8-3-2-6-13(14)7-4-5-12-9-10-15-11-12;1-3-2/h2-6,8,12,15H,7,9-11H2,1H3;3H2,1-2H3/b5-4-;/t12-;/m1./s1. The van der Waals surface area contributed by atoms with Crippen molar-refractivity contribution in [2.24, 2.45) is 5.92 Å². The van der Waals surface area contributed by atoms with Gasteiger partial charge in [0.2, 0.25) is 0 Å². The lowest BCUT2D eigenvalue weighted by Gasteiger charge is -2.05. The number of benzene rings is 1. The highest BCUT2D eigenvalue weighted by Crippen LogP contribution is 2.18. The predicted molar refractivity (Wildman–Crippen MR) is 82.8 cm³/mol. The van der Waals surface area contributed by atoms with Gasteiger partial charge in [-0.15, -0.1) is 0 Å². The zero-order chi connectivity index (χ0) is 13.9. The van der Waals surface area contributed by atoms with Gasteiger partial charge in [-0.1, -0.05) is 50.6 Å². The maximum absolute atomic E-state index is 5.32. The second-order valence-corrected chi connectivity index (χ2v) is 4.90. The molecular weight excluding hydrogens is 234 g/mol. The van der Waals surface area contributed by atoms with Crippen molar-refractivity contribution in [3.05, 3.63) is 42.0 Å². The third-order valence-electron chi connectivity index (χ3n) is 3.04. The van der Waals surface area contributed by atoms with Crippen molar-refractivity contribution in [2.45, 2.75) is 33.1 Å². The molecule has 1 heterocycles. The monoisotopic (exact) mass is 261 g/mol. The summed E-state index contributed by atoms with van der Waals surface area (Å²) >= 11 is 0. The molecule has 0 aromatic heterocycles. The van der Waals surface area contributed by atoms with Crippen LogP contribution in [0.3, 0.4) is 0 Å². The van der Waals surface area contributed by atoms with Crippen molar-refractivity contribution < 1.29 is 4.74 Å². The van der Waals surface area contributed by atoms with Crippen LogP contribution in [0.4, 0.5) is 0 Å². The van der Waals surface area contributed by atoms with Crippen LogP contribution in [0, 0.1) is 5.92 Å². The van der Waals surface area contributed by atoms with E-state index in [1.54, 1.807) is 7.11 Å². The molecule has 1 fully saturated rings. The molecule has 1 aromatic rings. The number of rotatable bonds is 4. The van der Waals surface area contributed by atoms with E-state index in [9.17, 15) is 0 Å². The molecule has 1 atom stereocenters. The van der Waals surface area contributed by atoms with Gasteiger partial charge in [0.15, 0.2) is 0 Å². The summed E-state index contributed by atoms with van der Waals surface area (Å²) in [6.07, 6.45) is 8.06. The van der Waals surface area contributed by atoms with E-state index >= 15 is 0 Å². The lowest BCUT2D eigenvalue weighted by molar-refractivity contribution is 0.410. The van der Waals surface area contributed by atoms with Crippen LogP contribution >= 0.6 is 0 Å². The lowest BCUT2D eigenvalue weighted by Crippen LogP contribution is -2.07. The van der Waals surface area contributed by atoms with Crippen LogP contribution in [-0.2, 0) is 6.42 Å². The Hall–Kier alpha value is -1.28. The average Bonchev–Trinajstić information content (AvgIpc) is 2.93. The summed E-state index contributed by atoms with van der Waals surface area (Å²) in [6.45, 7) is 6.53. The Labute approximate surface area is 117 Å². The molecule has 1 aliphatic heterocycles. The van der Waals surface area contributed by atoms with Crippen LogP contribution in [0.2, 0.25) is 0 Å². The molecule has 0 bridgehead atoms. The van der Waals surface area contributed by atoms with Gasteiger partial charge in [0.1, 0.15) is 5.75 Å². The zero-order valence-corrected chi connectivity index (χ0v) is 12.5. The molecule has 1 N–H and O–H groups in total. The highest BCUT2D eigenvalue weighted by molar-refractivity contribution is 5.34. The number of ether oxygens (including phenoxy) is 1. The minimum absolute atomic E-state index is 0.717. The molecule has 2 rings (SSSR count). The molecule has 1 aromatic carbocycles. The molecular formula is C17H27NO. The molecule has 0 amide bonds. The molecule has 2 nitrogen and oxygen atoms in total. The molecule has 0 radical (unpaired) electrons. The summed E-state index contributed by atoms with van der Waals surface area (Å²) in [5, 5.41) is 3.37. The second kappa shape index (κ2) is 9.62. The van der Waals surface area contributed by atoms with Gasteiger partial charge >= 0.3 is 0 Å². The fourth-order valence-corrected chi connectivity index (χ4v) is 2.10. The second-order valence-electron chi connectivity index (χ2n) is 4.90. The van der Waals surface area contributed by atoms with Crippen LogP contribution in [0.5, 0.6) is 5.75 Å². The van der Waals surface area contributed by atoms with Gasteiger partial charge in [0, 0.05) is 6.54 Å². The summed E-state index contributed by atoms with van der Waals surface area (Å²) in [5.41, 5.74) is 1.26. The van der Waals surface area contributed by atoms with Crippen LogP contribution in [-0.4, -0.2) is 20.2 Å². The number of nitrogens with one attached hydrogen (secondary N) is 1. The summed E-state index contributed by atoms with van der Waals surface area (Å²) in [6, 6.07) is 8.20. The highest BCUT2D eigenvalue weighted by Gasteiger charge is 2.10. The molecule has 1 saturated heterocycles. The topological polar surface area (TPSA) is 21.3 Å². The van der Waals surface area contributed by atoms with Crippen LogP contribution in [0.25, 0.3) is 0 Å². The Morgan fingerprint density at radius 2 is 2.05 bits per heavy atom. The van der Waals surface area contributed by atoms with Gasteiger partial charge in [-0.25, -0.2) is 0 Å². The van der Waals surface area contributed by atoms with E-state index in [0.29, 0.717) is 0 Å². The molecule has 19 heavy (non-hydrogen) atoms. The van der Waals surface area contributed by atoms with Gasteiger partial charge in [-0.2, -0.15) is 0 Å². The SMILES string of the molecule is CCC.COc1ccccc1C/C=C\[C@@H]1CCNC1. The van der Waals surface area contributed by atoms with Crippen molar-refractivity contribution in [2.75, 3.05) is 20.2 Å². The Kier molecular flexibility index (Phi) is 7.99. The fraction of sp³-hybridized carbons (Fsp3) is 0.529. The third-order valence-corrected chi connectivity index (χ3v) is 3.04. The van der Waals surface area contributed by atoms with Crippen molar-refractivity contribution >= 4 is 0 Å². The maximum atomic E-state index is 5.32. The first-order valence-corrected chi connectivity index (χ1v) is 7.31. The smallest absolute Gasteiger partial charge is 0.122 e.